The van der Waals surface area contributed by atoms with E-state index in [4.69, 9.17) is 9.84 Å². The van der Waals surface area contributed by atoms with Crippen molar-refractivity contribution in [1.82, 2.24) is 0 Å². The summed E-state index contributed by atoms with van der Waals surface area (Å²) >= 11 is 0. The van der Waals surface area contributed by atoms with Crippen LogP contribution in [0.25, 0.3) is 21.5 Å². The molecule has 0 aromatic heterocycles. The Morgan fingerprint density at radius 2 is 1.83 bits per heavy atom. The third kappa shape index (κ3) is 2.91. The lowest BCUT2D eigenvalue weighted by molar-refractivity contribution is 0.0252. The van der Waals surface area contributed by atoms with Gasteiger partial charge in [-0.15, -0.1) is 0 Å². The molecule has 0 saturated heterocycles. The summed E-state index contributed by atoms with van der Waals surface area (Å²) in [5.74, 6) is 0.225. The van der Waals surface area contributed by atoms with Gasteiger partial charge in [0.15, 0.2) is 0 Å². The molecule has 3 aromatic rings. The van der Waals surface area contributed by atoms with Crippen LogP contribution >= 0.6 is 0 Å². The van der Waals surface area contributed by atoms with Crippen molar-refractivity contribution in [2.45, 2.75) is 12.7 Å². The lowest BCUT2D eigenvalue weighted by Crippen LogP contribution is -2.10. The number of aliphatic hydroxyl groups is 2. The molecular weight excluding hydrogens is 295 g/mol. The van der Waals surface area contributed by atoms with Gasteiger partial charge in [0.1, 0.15) is 11.6 Å². The van der Waals surface area contributed by atoms with Gasteiger partial charge in [-0.2, -0.15) is 0 Å². The highest BCUT2D eigenvalue weighted by atomic mass is 19.1. The summed E-state index contributed by atoms with van der Waals surface area (Å²) in [6.45, 7) is 3.38. The van der Waals surface area contributed by atoms with Gasteiger partial charge in [0.05, 0.1) is 0 Å². The molecule has 1 atom stereocenters. The van der Waals surface area contributed by atoms with Crippen LogP contribution in [0.15, 0.2) is 55.1 Å². The number of rotatable bonds is 5. The van der Waals surface area contributed by atoms with Crippen LogP contribution in [0, 0.1) is 5.82 Å². The molecule has 0 aliphatic heterocycles. The van der Waals surface area contributed by atoms with Crippen molar-refractivity contribution in [1.29, 1.82) is 0 Å². The van der Waals surface area contributed by atoms with Crippen LogP contribution in [0.2, 0.25) is 0 Å². The van der Waals surface area contributed by atoms with Crippen molar-refractivity contribution >= 4 is 21.5 Å². The van der Waals surface area contributed by atoms with Crippen molar-refractivity contribution in [3.63, 3.8) is 0 Å². The number of hydrogen-bond donors (Lipinski definition) is 2. The van der Waals surface area contributed by atoms with E-state index in [1.165, 1.54) is 6.08 Å². The first-order valence-corrected chi connectivity index (χ1v) is 7.36. The predicted molar refractivity (Wildman–Crippen MR) is 89.0 cm³/mol. The molecule has 0 spiro atoms. The highest BCUT2D eigenvalue weighted by Gasteiger charge is 2.10. The van der Waals surface area contributed by atoms with Crippen LogP contribution in [0.5, 0.6) is 5.75 Å². The van der Waals surface area contributed by atoms with E-state index in [-0.39, 0.29) is 12.4 Å². The van der Waals surface area contributed by atoms with Crippen LogP contribution in [0.3, 0.4) is 0 Å². The fourth-order valence-corrected chi connectivity index (χ4v) is 2.71. The monoisotopic (exact) mass is 312 g/mol. The van der Waals surface area contributed by atoms with Crippen molar-refractivity contribution in [2.75, 3.05) is 6.61 Å². The van der Waals surface area contributed by atoms with E-state index in [1.807, 2.05) is 18.2 Å². The number of fused-ring (bicyclic) bond motifs is 3. The lowest BCUT2D eigenvalue weighted by atomic mass is 9.98. The SMILES string of the molecule is C=CC(O)Oc1ccc2c(ccc3c(F)c(CCO)ccc32)c1. The van der Waals surface area contributed by atoms with E-state index in [0.717, 1.165) is 16.2 Å². The maximum Gasteiger partial charge on any atom is 0.216 e. The van der Waals surface area contributed by atoms with Gasteiger partial charge in [-0.3, -0.25) is 0 Å². The Labute approximate surface area is 133 Å². The molecule has 0 fully saturated rings. The molecule has 0 amide bonds. The van der Waals surface area contributed by atoms with Crippen molar-refractivity contribution in [2.24, 2.45) is 0 Å². The topological polar surface area (TPSA) is 49.7 Å². The number of aliphatic hydroxyl groups excluding tert-OH is 2. The lowest BCUT2D eigenvalue weighted by Gasteiger charge is -2.12. The van der Waals surface area contributed by atoms with E-state index in [9.17, 15) is 9.50 Å². The Hall–Kier alpha value is -2.43. The Morgan fingerprint density at radius 1 is 1.09 bits per heavy atom. The second-order valence-corrected chi connectivity index (χ2v) is 5.30. The summed E-state index contributed by atoms with van der Waals surface area (Å²) in [5, 5.41) is 21.6. The van der Waals surface area contributed by atoms with Crippen molar-refractivity contribution in [3.8, 4) is 5.75 Å². The highest BCUT2D eigenvalue weighted by molar-refractivity contribution is 6.08. The number of ether oxygens (including phenoxy) is 1. The Bertz CT molecular complexity index is 873. The van der Waals surface area contributed by atoms with Crippen LogP contribution in [0.1, 0.15) is 5.56 Å². The van der Waals surface area contributed by atoms with Crippen LogP contribution in [-0.4, -0.2) is 23.1 Å². The summed E-state index contributed by atoms with van der Waals surface area (Å²) in [5.41, 5.74) is 0.508. The van der Waals surface area contributed by atoms with Crippen LogP contribution < -0.4 is 4.74 Å². The molecule has 3 rings (SSSR count). The van der Waals surface area contributed by atoms with Gasteiger partial charge in [-0.25, -0.2) is 4.39 Å². The van der Waals surface area contributed by atoms with Crippen molar-refractivity contribution < 1.29 is 19.3 Å². The van der Waals surface area contributed by atoms with E-state index >= 15 is 0 Å². The molecule has 0 radical (unpaired) electrons. The fourth-order valence-electron chi connectivity index (χ4n) is 2.71. The second kappa shape index (κ2) is 6.36. The summed E-state index contributed by atoms with van der Waals surface area (Å²) in [7, 11) is 0. The van der Waals surface area contributed by atoms with Gasteiger partial charge in [0.2, 0.25) is 6.29 Å². The zero-order valence-corrected chi connectivity index (χ0v) is 12.5. The smallest absolute Gasteiger partial charge is 0.216 e. The second-order valence-electron chi connectivity index (χ2n) is 5.30. The number of benzene rings is 3. The van der Waals surface area contributed by atoms with E-state index in [2.05, 4.69) is 6.58 Å². The molecule has 0 bridgehead atoms. The molecular formula is C19H17FO3. The quantitative estimate of drug-likeness (QED) is 0.430. The summed E-state index contributed by atoms with van der Waals surface area (Å²) in [6, 6.07) is 12.5. The predicted octanol–water partition coefficient (Wildman–Crippen LogP) is 3.55. The minimum atomic E-state index is -1.06. The average Bonchev–Trinajstić information content (AvgIpc) is 2.57. The Kier molecular flexibility index (Phi) is 4.28. The fraction of sp³-hybridized carbons (Fsp3) is 0.158. The average molecular weight is 312 g/mol. The third-order valence-electron chi connectivity index (χ3n) is 3.84. The summed E-state index contributed by atoms with van der Waals surface area (Å²) in [4.78, 5) is 0. The van der Waals surface area contributed by atoms with Gasteiger partial charge in [-0.05, 0) is 46.4 Å². The number of hydrogen-bond acceptors (Lipinski definition) is 3. The minimum absolute atomic E-state index is 0.0810. The minimum Gasteiger partial charge on any atom is -0.461 e. The molecule has 0 saturated carbocycles. The Balaban J connectivity index is 2.12. The molecule has 1 unspecified atom stereocenters. The summed E-state index contributed by atoms with van der Waals surface area (Å²) < 4.78 is 19.8. The van der Waals surface area contributed by atoms with Gasteiger partial charge >= 0.3 is 0 Å². The molecule has 2 N–H and O–H groups in total. The van der Waals surface area contributed by atoms with E-state index in [0.29, 0.717) is 23.1 Å². The zero-order valence-electron chi connectivity index (χ0n) is 12.5. The first kappa shape index (κ1) is 15.5. The van der Waals surface area contributed by atoms with Gasteiger partial charge in [0.25, 0.3) is 0 Å². The molecule has 0 heterocycles. The van der Waals surface area contributed by atoms with Gasteiger partial charge in [0, 0.05) is 12.0 Å². The first-order chi connectivity index (χ1) is 11.1. The molecule has 3 aromatic carbocycles. The van der Waals surface area contributed by atoms with Gasteiger partial charge < -0.3 is 14.9 Å². The Morgan fingerprint density at radius 3 is 2.57 bits per heavy atom. The molecule has 3 nitrogen and oxygen atoms in total. The van der Waals surface area contributed by atoms with E-state index in [1.54, 1.807) is 24.3 Å². The normalized spacial score (nSPS) is 12.5. The molecule has 118 valence electrons. The molecule has 23 heavy (non-hydrogen) atoms. The summed E-state index contributed by atoms with van der Waals surface area (Å²) in [6.07, 6.45) is 0.528. The van der Waals surface area contributed by atoms with Crippen LogP contribution in [-0.2, 0) is 6.42 Å². The molecule has 0 aliphatic carbocycles. The molecule has 0 aliphatic rings. The highest BCUT2D eigenvalue weighted by Crippen LogP contribution is 2.31. The van der Waals surface area contributed by atoms with Crippen LogP contribution in [0.4, 0.5) is 4.39 Å². The molecule has 4 heteroatoms. The first-order valence-electron chi connectivity index (χ1n) is 7.36. The van der Waals surface area contributed by atoms with Crippen molar-refractivity contribution in [3.05, 3.63) is 66.5 Å². The standard InChI is InChI=1S/C19H17FO3/c1-2-18(22)23-14-5-8-15-13(11-14)4-7-17-16(15)6-3-12(9-10-21)19(17)20/h2-8,11,18,21-22H,1,9-10H2. The van der Waals surface area contributed by atoms with Gasteiger partial charge in [-0.1, -0.05) is 36.9 Å². The zero-order chi connectivity index (χ0) is 16.4. The largest absolute Gasteiger partial charge is 0.461 e. The number of halogens is 1. The third-order valence-corrected chi connectivity index (χ3v) is 3.84. The maximum absolute atomic E-state index is 14.5. The van der Waals surface area contributed by atoms with E-state index < -0.39 is 6.29 Å². The maximum atomic E-state index is 14.5.